The highest BCUT2D eigenvalue weighted by Crippen LogP contribution is 2.36. The van der Waals surface area contributed by atoms with Gasteiger partial charge in [-0.25, -0.2) is 9.79 Å². The van der Waals surface area contributed by atoms with Crippen LogP contribution in [0, 0.1) is 0 Å². The zero-order valence-corrected chi connectivity index (χ0v) is 15.3. The lowest BCUT2D eigenvalue weighted by molar-refractivity contribution is 0.101. The largest absolute Gasteiger partial charge is 0.515 e. The molecule has 3 rings (SSSR count). The minimum atomic E-state index is -0.892. The predicted molar refractivity (Wildman–Crippen MR) is 99.4 cm³/mol. The number of carbonyl (C=O) groups excluding carboxylic acids is 1. The molecular formula is C18H14Cl2N2O4. The molecule has 0 amide bonds. The zero-order valence-electron chi connectivity index (χ0n) is 13.7. The predicted octanol–water partition coefficient (Wildman–Crippen LogP) is 5.13. The molecule has 0 radical (unpaired) electrons. The second-order valence-electron chi connectivity index (χ2n) is 5.18. The van der Waals surface area contributed by atoms with Crippen molar-refractivity contribution >= 4 is 46.7 Å². The van der Waals surface area contributed by atoms with Crippen molar-refractivity contribution in [2.45, 2.75) is 13.5 Å². The Morgan fingerprint density at radius 1 is 1.19 bits per heavy atom. The van der Waals surface area contributed by atoms with Crippen LogP contribution in [0.3, 0.4) is 0 Å². The number of fused-ring (bicyclic) bond motifs is 1. The molecule has 0 saturated heterocycles. The van der Waals surface area contributed by atoms with Gasteiger partial charge >= 0.3 is 6.16 Å². The third-order valence-electron chi connectivity index (χ3n) is 3.37. The maximum absolute atomic E-state index is 11.7. The van der Waals surface area contributed by atoms with Crippen molar-refractivity contribution in [3.05, 3.63) is 63.6 Å². The standard InChI is InChI=1S/C18H14Cl2N2O4/c1-2-24-18(23)26-17-16(22-25-10-11-6-4-3-5-7-11)15-13(20)8-12(19)9-14(15)21-17/h3-9H,2,10H2,1H3. The molecule has 2 aromatic carbocycles. The van der Waals surface area contributed by atoms with Crippen molar-refractivity contribution in [1.29, 1.82) is 0 Å². The summed E-state index contributed by atoms with van der Waals surface area (Å²) in [7, 11) is 0. The lowest BCUT2D eigenvalue weighted by Gasteiger charge is -2.07. The Hall–Kier alpha value is -2.57. The fraction of sp³-hybridized carbons (Fsp3) is 0.167. The second-order valence-corrected chi connectivity index (χ2v) is 6.03. The Bertz CT molecular complexity index is 882. The molecule has 26 heavy (non-hydrogen) atoms. The van der Waals surface area contributed by atoms with Crippen molar-refractivity contribution in [3.8, 4) is 0 Å². The second kappa shape index (κ2) is 8.21. The van der Waals surface area contributed by atoms with Crippen molar-refractivity contribution in [2.75, 3.05) is 6.61 Å². The SMILES string of the molecule is CCOC(=O)OC1=Nc2cc(Cl)cc(Cl)c2C1=NOCc1ccccc1. The Kier molecular flexibility index (Phi) is 5.75. The van der Waals surface area contributed by atoms with Crippen LogP contribution in [0.2, 0.25) is 10.0 Å². The van der Waals surface area contributed by atoms with Gasteiger partial charge in [0.2, 0.25) is 0 Å². The third kappa shape index (κ3) is 4.15. The summed E-state index contributed by atoms with van der Waals surface area (Å²) in [5.41, 5.74) is 2.04. The number of benzene rings is 2. The van der Waals surface area contributed by atoms with Gasteiger partial charge in [0, 0.05) is 5.02 Å². The van der Waals surface area contributed by atoms with E-state index in [1.165, 1.54) is 0 Å². The van der Waals surface area contributed by atoms with Gasteiger partial charge in [0.25, 0.3) is 5.90 Å². The van der Waals surface area contributed by atoms with Crippen LogP contribution in [-0.2, 0) is 20.9 Å². The van der Waals surface area contributed by atoms with E-state index < -0.39 is 6.16 Å². The van der Waals surface area contributed by atoms with E-state index in [0.717, 1.165) is 5.56 Å². The van der Waals surface area contributed by atoms with Crippen LogP contribution < -0.4 is 0 Å². The smallest absolute Gasteiger partial charge is 0.434 e. The summed E-state index contributed by atoms with van der Waals surface area (Å²) in [6, 6.07) is 12.6. The van der Waals surface area contributed by atoms with Gasteiger partial charge in [-0.2, -0.15) is 0 Å². The van der Waals surface area contributed by atoms with E-state index in [1.807, 2.05) is 30.3 Å². The van der Waals surface area contributed by atoms with E-state index in [0.29, 0.717) is 21.3 Å². The van der Waals surface area contributed by atoms with Crippen LogP contribution in [0.4, 0.5) is 10.5 Å². The summed E-state index contributed by atoms with van der Waals surface area (Å²) in [5, 5.41) is 4.79. The molecule has 0 fully saturated rings. The summed E-state index contributed by atoms with van der Waals surface area (Å²) >= 11 is 12.3. The molecule has 0 aliphatic carbocycles. The van der Waals surface area contributed by atoms with Crippen LogP contribution in [0.5, 0.6) is 0 Å². The lowest BCUT2D eigenvalue weighted by Crippen LogP contribution is -2.20. The van der Waals surface area contributed by atoms with Crippen LogP contribution in [0.25, 0.3) is 0 Å². The highest BCUT2D eigenvalue weighted by molar-refractivity contribution is 6.53. The zero-order chi connectivity index (χ0) is 18.5. The minimum Gasteiger partial charge on any atom is -0.434 e. The number of hydrogen-bond acceptors (Lipinski definition) is 6. The molecule has 0 unspecified atom stereocenters. The van der Waals surface area contributed by atoms with Gasteiger partial charge in [-0.05, 0) is 24.6 Å². The van der Waals surface area contributed by atoms with Gasteiger partial charge in [0.05, 0.1) is 22.9 Å². The first-order valence-electron chi connectivity index (χ1n) is 7.75. The molecule has 0 spiro atoms. The summed E-state index contributed by atoms with van der Waals surface area (Å²) in [6.45, 7) is 2.07. The summed E-state index contributed by atoms with van der Waals surface area (Å²) in [5.74, 6) is -0.0596. The topological polar surface area (TPSA) is 69.5 Å². The average molecular weight is 393 g/mol. The Labute approximate surface area is 160 Å². The molecule has 134 valence electrons. The van der Waals surface area contributed by atoms with Gasteiger partial charge < -0.3 is 14.3 Å². The summed E-state index contributed by atoms with van der Waals surface area (Å²) in [4.78, 5) is 21.3. The molecule has 0 atom stereocenters. The van der Waals surface area contributed by atoms with Gasteiger partial charge in [0.15, 0.2) is 5.71 Å². The summed E-state index contributed by atoms with van der Waals surface area (Å²) in [6.07, 6.45) is -0.892. The number of hydrogen-bond donors (Lipinski definition) is 0. The number of nitrogens with zero attached hydrogens (tertiary/aromatic N) is 2. The fourth-order valence-corrected chi connectivity index (χ4v) is 2.85. The number of ether oxygens (including phenoxy) is 2. The molecule has 2 aromatic rings. The van der Waals surface area contributed by atoms with Crippen LogP contribution in [0.15, 0.2) is 52.6 Å². The van der Waals surface area contributed by atoms with Crippen molar-refractivity contribution in [1.82, 2.24) is 0 Å². The molecule has 6 nitrogen and oxygen atoms in total. The van der Waals surface area contributed by atoms with Crippen molar-refractivity contribution in [2.24, 2.45) is 10.1 Å². The first-order valence-corrected chi connectivity index (χ1v) is 8.51. The highest BCUT2D eigenvalue weighted by atomic mass is 35.5. The third-order valence-corrected chi connectivity index (χ3v) is 3.88. The van der Waals surface area contributed by atoms with Gasteiger partial charge in [0.1, 0.15) is 6.61 Å². The van der Waals surface area contributed by atoms with Gasteiger partial charge in [-0.1, -0.05) is 58.7 Å². The van der Waals surface area contributed by atoms with E-state index in [9.17, 15) is 4.79 Å². The van der Waals surface area contributed by atoms with E-state index in [4.69, 9.17) is 37.5 Å². The lowest BCUT2D eigenvalue weighted by atomic mass is 10.1. The minimum absolute atomic E-state index is 0.0596. The monoisotopic (exact) mass is 392 g/mol. The summed E-state index contributed by atoms with van der Waals surface area (Å²) < 4.78 is 9.90. The van der Waals surface area contributed by atoms with Crippen LogP contribution in [-0.4, -0.2) is 24.4 Å². The molecule has 1 heterocycles. The Balaban J connectivity index is 1.87. The maximum atomic E-state index is 11.7. The Morgan fingerprint density at radius 3 is 2.69 bits per heavy atom. The van der Waals surface area contributed by atoms with E-state index >= 15 is 0 Å². The quantitative estimate of drug-likeness (QED) is 0.533. The molecule has 0 saturated carbocycles. The van der Waals surface area contributed by atoms with Gasteiger partial charge in [-0.15, -0.1) is 0 Å². The van der Waals surface area contributed by atoms with E-state index in [1.54, 1.807) is 19.1 Å². The number of halogens is 2. The Morgan fingerprint density at radius 2 is 1.96 bits per heavy atom. The van der Waals surface area contributed by atoms with Crippen LogP contribution in [0.1, 0.15) is 18.1 Å². The van der Waals surface area contributed by atoms with E-state index in [2.05, 4.69) is 10.1 Å². The number of rotatable bonds is 4. The highest BCUT2D eigenvalue weighted by Gasteiger charge is 2.30. The molecule has 1 aliphatic rings. The molecular weight excluding hydrogens is 379 g/mol. The molecule has 0 aromatic heterocycles. The molecule has 1 aliphatic heterocycles. The van der Waals surface area contributed by atoms with E-state index in [-0.39, 0.29) is 24.8 Å². The first-order chi connectivity index (χ1) is 12.6. The number of oxime groups is 1. The van der Waals surface area contributed by atoms with Gasteiger partial charge in [-0.3, -0.25) is 0 Å². The average Bonchev–Trinajstić information content (AvgIpc) is 2.93. The van der Waals surface area contributed by atoms with Crippen molar-refractivity contribution in [3.63, 3.8) is 0 Å². The molecule has 8 heteroatoms. The number of carbonyl (C=O) groups is 1. The maximum Gasteiger partial charge on any atom is 0.515 e. The molecule has 0 N–H and O–H groups in total. The molecule has 0 bridgehead atoms. The first kappa shape index (κ1) is 18.2. The fourth-order valence-electron chi connectivity index (χ4n) is 2.28. The number of aliphatic imine (C=N–C) groups is 1. The van der Waals surface area contributed by atoms with Crippen LogP contribution >= 0.6 is 23.2 Å². The van der Waals surface area contributed by atoms with Crippen molar-refractivity contribution < 1.29 is 19.1 Å². The normalized spacial score (nSPS) is 14.0.